The van der Waals surface area contributed by atoms with Crippen LogP contribution in [0.4, 0.5) is 11.4 Å². The number of nitrogens with one attached hydrogen (secondary N) is 1. The van der Waals surface area contributed by atoms with Crippen LogP contribution >= 0.6 is 0 Å². The fourth-order valence-corrected chi connectivity index (χ4v) is 3.01. The van der Waals surface area contributed by atoms with Crippen molar-refractivity contribution in [1.82, 2.24) is 4.90 Å². The van der Waals surface area contributed by atoms with Crippen molar-refractivity contribution in [2.75, 3.05) is 11.9 Å². The van der Waals surface area contributed by atoms with Gasteiger partial charge < -0.3 is 5.32 Å². The Kier molecular flexibility index (Phi) is 5.21. The molecule has 2 aromatic rings. The van der Waals surface area contributed by atoms with Gasteiger partial charge in [0, 0.05) is 17.8 Å². The molecule has 0 unspecified atom stereocenters. The molecule has 0 saturated carbocycles. The smallest absolute Gasteiger partial charge is 0.270 e. The summed E-state index contributed by atoms with van der Waals surface area (Å²) in [4.78, 5) is 48.1. The number of carbonyl (C=O) groups excluding carboxylic acids is 3. The highest BCUT2D eigenvalue weighted by Crippen LogP contribution is 2.27. The Labute approximate surface area is 161 Å². The molecule has 28 heavy (non-hydrogen) atoms. The maximum absolute atomic E-state index is 12.4. The van der Waals surface area contributed by atoms with Gasteiger partial charge in [0.25, 0.3) is 17.5 Å². The molecule has 0 radical (unpaired) electrons. The van der Waals surface area contributed by atoms with Crippen molar-refractivity contribution in [2.45, 2.75) is 26.2 Å². The second-order valence-corrected chi connectivity index (χ2v) is 6.66. The molecule has 1 N–H and O–H groups in total. The summed E-state index contributed by atoms with van der Waals surface area (Å²) in [6.45, 7) is 3.74. The van der Waals surface area contributed by atoms with Gasteiger partial charge in [-0.05, 0) is 36.1 Å². The molecule has 1 aliphatic rings. The maximum atomic E-state index is 12.4. The first-order chi connectivity index (χ1) is 13.3. The predicted octanol–water partition coefficient (Wildman–Crippen LogP) is 3.34. The van der Waals surface area contributed by atoms with Crippen LogP contribution in [0.15, 0.2) is 42.5 Å². The highest BCUT2D eigenvalue weighted by Gasteiger charge is 2.37. The van der Waals surface area contributed by atoms with E-state index in [1.807, 2.05) is 12.1 Å². The van der Waals surface area contributed by atoms with Gasteiger partial charge in [-0.3, -0.25) is 29.4 Å². The van der Waals surface area contributed by atoms with E-state index in [-0.39, 0.29) is 16.8 Å². The monoisotopic (exact) mass is 381 g/mol. The molecule has 3 amide bonds. The zero-order valence-electron chi connectivity index (χ0n) is 15.5. The van der Waals surface area contributed by atoms with Gasteiger partial charge in [0.15, 0.2) is 0 Å². The van der Waals surface area contributed by atoms with Gasteiger partial charge in [-0.1, -0.05) is 26.0 Å². The number of non-ortho nitro benzene ring substituents is 1. The van der Waals surface area contributed by atoms with Gasteiger partial charge in [0.1, 0.15) is 6.54 Å². The van der Waals surface area contributed by atoms with Crippen LogP contribution in [0, 0.1) is 10.1 Å². The molecule has 0 bridgehead atoms. The molecule has 3 rings (SSSR count). The fraction of sp³-hybridized carbons (Fsp3) is 0.250. The van der Waals surface area contributed by atoms with Gasteiger partial charge in [-0.2, -0.15) is 0 Å². The van der Waals surface area contributed by atoms with Gasteiger partial charge in [0.2, 0.25) is 5.91 Å². The lowest BCUT2D eigenvalue weighted by Crippen LogP contribution is -2.37. The number of hydrogen-bond donors (Lipinski definition) is 1. The summed E-state index contributed by atoms with van der Waals surface area (Å²) in [6, 6.07) is 10.8. The number of amides is 3. The first-order valence-electron chi connectivity index (χ1n) is 8.86. The summed E-state index contributed by atoms with van der Waals surface area (Å²) in [6.07, 6.45) is 1.00. The molecule has 0 spiro atoms. The first-order valence-corrected chi connectivity index (χ1v) is 8.86. The number of fused-ring (bicyclic) bond motifs is 1. The molecule has 8 nitrogen and oxygen atoms in total. The van der Waals surface area contributed by atoms with Crippen molar-refractivity contribution >= 4 is 29.1 Å². The minimum Gasteiger partial charge on any atom is -0.325 e. The number of hydrogen-bond acceptors (Lipinski definition) is 5. The van der Waals surface area contributed by atoms with Crippen LogP contribution in [-0.4, -0.2) is 34.1 Å². The zero-order chi connectivity index (χ0) is 20.4. The van der Waals surface area contributed by atoms with Gasteiger partial charge in [-0.25, -0.2) is 0 Å². The molecule has 0 aromatic heterocycles. The van der Waals surface area contributed by atoms with E-state index in [0.717, 1.165) is 29.0 Å². The van der Waals surface area contributed by atoms with Crippen molar-refractivity contribution in [1.29, 1.82) is 0 Å². The first kappa shape index (κ1) is 19.2. The minimum atomic E-state index is -0.717. The third-order valence-corrected chi connectivity index (χ3v) is 4.84. The average molecular weight is 381 g/mol. The van der Waals surface area contributed by atoms with Crippen molar-refractivity contribution in [3.63, 3.8) is 0 Å². The van der Waals surface area contributed by atoms with Crippen LogP contribution in [0.3, 0.4) is 0 Å². The normalized spacial score (nSPS) is 14.0. The molecule has 8 heteroatoms. The SMILES string of the molecule is CC[C@@H](C)c1ccc(NC(=O)CN2C(=O)c3ccc([N+](=O)[O-])cc3C2=O)cc1. The van der Waals surface area contributed by atoms with E-state index in [1.54, 1.807) is 12.1 Å². The summed E-state index contributed by atoms with van der Waals surface area (Å²) in [7, 11) is 0. The van der Waals surface area contributed by atoms with E-state index in [0.29, 0.717) is 11.6 Å². The van der Waals surface area contributed by atoms with Gasteiger partial charge >= 0.3 is 0 Å². The summed E-state index contributed by atoms with van der Waals surface area (Å²) >= 11 is 0. The lowest BCUT2D eigenvalue weighted by atomic mass is 9.99. The minimum absolute atomic E-state index is 0.0568. The Morgan fingerprint density at radius 1 is 1.11 bits per heavy atom. The quantitative estimate of drug-likeness (QED) is 0.469. The number of nitro benzene ring substituents is 1. The van der Waals surface area contributed by atoms with Crippen molar-refractivity contribution in [3.8, 4) is 0 Å². The van der Waals surface area contributed by atoms with E-state index in [1.165, 1.54) is 6.07 Å². The molecule has 0 aliphatic carbocycles. The summed E-state index contributed by atoms with van der Waals surface area (Å²) in [5, 5.41) is 13.5. The van der Waals surface area contributed by atoms with Crippen LogP contribution in [0.2, 0.25) is 0 Å². The summed E-state index contributed by atoms with van der Waals surface area (Å²) in [5.74, 6) is -1.48. The van der Waals surface area contributed by atoms with Crippen molar-refractivity contribution in [3.05, 3.63) is 69.3 Å². The van der Waals surface area contributed by atoms with Crippen LogP contribution in [0.1, 0.15) is 52.5 Å². The van der Waals surface area contributed by atoms with Crippen LogP contribution in [-0.2, 0) is 4.79 Å². The van der Waals surface area contributed by atoms with E-state index >= 15 is 0 Å². The Morgan fingerprint density at radius 2 is 1.75 bits per heavy atom. The number of rotatable bonds is 6. The molecule has 1 atom stereocenters. The van der Waals surface area contributed by atoms with Gasteiger partial charge in [-0.15, -0.1) is 0 Å². The Balaban J connectivity index is 1.70. The summed E-state index contributed by atoms with van der Waals surface area (Å²) in [5.41, 5.74) is 1.42. The Morgan fingerprint density at radius 3 is 2.36 bits per heavy atom. The lowest BCUT2D eigenvalue weighted by Gasteiger charge is -2.14. The van der Waals surface area contributed by atoms with Gasteiger partial charge in [0.05, 0.1) is 16.1 Å². The third kappa shape index (κ3) is 3.62. The molecular formula is C20H19N3O5. The van der Waals surface area contributed by atoms with E-state index in [2.05, 4.69) is 19.2 Å². The van der Waals surface area contributed by atoms with Crippen LogP contribution < -0.4 is 5.32 Å². The highest BCUT2D eigenvalue weighted by atomic mass is 16.6. The molecule has 2 aromatic carbocycles. The van der Waals surface area contributed by atoms with E-state index in [9.17, 15) is 24.5 Å². The predicted molar refractivity (Wildman–Crippen MR) is 102 cm³/mol. The number of nitro groups is 1. The number of nitrogens with zero attached hydrogens (tertiary/aromatic N) is 2. The standard InChI is InChI=1S/C20H19N3O5/c1-3-12(2)13-4-6-14(7-5-13)21-18(24)11-22-19(25)16-9-8-15(23(27)28)10-17(16)20(22)26/h4-10,12H,3,11H2,1-2H3,(H,21,24)/t12-/m1/s1. The highest BCUT2D eigenvalue weighted by molar-refractivity contribution is 6.23. The number of imide groups is 1. The third-order valence-electron chi connectivity index (χ3n) is 4.84. The molecule has 144 valence electrons. The maximum Gasteiger partial charge on any atom is 0.270 e. The second-order valence-electron chi connectivity index (χ2n) is 6.66. The van der Waals surface area contributed by atoms with Crippen molar-refractivity contribution < 1.29 is 19.3 Å². The lowest BCUT2D eigenvalue weighted by molar-refractivity contribution is -0.384. The second kappa shape index (κ2) is 7.59. The van der Waals surface area contributed by atoms with Crippen LogP contribution in [0.25, 0.3) is 0 Å². The topological polar surface area (TPSA) is 110 Å². The van der Waals surface area contributed by atoms with Crippen LogP contribution in [0.5, 0.6) is 0 Å². The van der Waals surface area contributed by atoms with E-state index in [4.69, 9.17) is 0 Å². The molecular weight excluding hydrogens is 362 g/mol. The molecule has 1 aliphatic heterocycles. The summed E-state index contributed by atoms with van der Waals surface area (Å²) < 4.78 is 0. The molecule has 0 fully saturated rings. The molecule has 0 saturated heterocycles. The molecule has 1 heterocycles. The number of benzene rings is 2. The number of carbonyl (C=O) groups is 3. The Hall–Kier alpha value is -3.55. The Bertz CT molecular complexity index is 968. The zero-order valence-corrected chi connectivity index (χ0v) is 15.5. The van der Waals surface area contributed by atoms with E-state index < -0.39 is 29.2 Å². The largest absolute Gasteiger partial charge is 0.325 e. The van der Waals surface area contributed by atoms with Crippen molar-refractivity contribution in [2.24, 2.45) is 0 Å². The average Bonchev–Trinajstić information content (AvgIpc) is 2.92. The fourth-order valence-electron chi connectivity index (χ4n) is 3.01. The number of anilines is 1.